The van der Waals surface area contributed by atoms with Crippen molar-refractivity contribution >= 4 is 40.9 Å². The molecule has 2 nitrogen and oxygen atoms in total. The summed E-state index contributed by atoms with van der Waals surface area (Å²) in [6, 6.07) is 15.1. The van der Waals surface area contributed by atoms with Crippen LogP contribution in [0.3, 0.4) is 0 Å². The van der Waals surface area contributed by atoms with Crippen LogP contribution in [0.4, 0.5) is 0 Å². The fraction of sp³-hybridized carbons (Fsp3) is 0.188. The molecular weight excluding hydrogens is 325 g/mol. The van der Waals surface area contributed by atoms with Crippen LogP contribution in [0.15, 0.2) is 53.4 Å². The topological polar surface area (TPSA) is 29.1 Å². The van der Waals surface area contributed by atoms with Gasteiger partial charge in [-0.1, -0.05) is 59.6 Å². The summed E-state index contributed by atoms with van der Waals surface area (Å²) in [6.07, 6.45) is 0. The van der Waals surface area contributed by atoms with E-state index in [1.165, 1.54) is 11.8 Å². The molecule has 0 bridgehead atoms. The summed E-state index contributed by atoms with van der Waals surface area (Å²) in [6.45, 7) is 1.96. The summed E-state index contributed by atoms with van der Waals surface area (Å²) in [5.41, 5.74) is 1.08. The molecule has 1 amide bonds. The molecule has 1 atom stereocenters. The largest absolute Gasteiger partial charge is 0.349 e. The van der Waals surface area contributed by atoms with Gasteiger partial charge in [-0.3, -0.25) is 4.79 Å². The molecule has 0 aliphatic carbocycles. The van der Waals surface area contributed by atoms with Gasteiger partial charge >= 0.3 is 0 Å². The first-order valence-electron chi connectivity index (χ1n) is 6.49. The second-order valence-electron chi connectivity index (χ2n) is 4.54. The maximum absolute atomic E-state index is 12.0. The van der Waals surface area contributed by atoms with Crippen LogP contribution in [0, 0.1) is 0 Å². The average molecular weight is 340 g/mol. The van der Waals surface area contributed by atoms with Crippen molar-refractivity contribution in [1.82, 2.24) is 5.32 Å². The molecule has 0 heterocycles. The van der Waals surface area contributed by atoms with E-state index in [1.54, 1.807) is 18.2 Å². The third-order valence-corrected chi connectivity index (χ3v) is 4.93. The molecule has 0 aromatic heterocycles. The Bertz CT molecular complexity index is 599. The van der Waals surface area contributed by atoms with E-state index in [0.29, 0.717) is 10.0 Å². The number of carbonyl (C=O) groups excluding carboxylic acids is 1. The van der Waals surface area contributed by atoms with Crippen LogP contribution in [0.25, 0.3) is 0 Å². The molecule has 0 saturated heterocycles. The summed E-state index contributed by atoms with van der Waals surface area (Å²) in [5, 5.41) is 4.09. The third-order valence-electron chi connectivity index (χ3n) is 2.94. The van der Waals surface area contributed by atoms with Crippen LogP contribution in [-0.2, 0) is 4.79 Å². The highest BCUT2D eigenvalue weighted by molar-refractivity contribution is 8.00. The van der Waals surface area contributed by atoms with Crippen molar-refractivity contribution < 1.29 is 4.79 Å². The maximum Gasteiger partial charge on any atom is 0.230 e. The Morgan fingerprint density at radius 3 is 2.33 bits per heavy atom. The highest BCUT2D eigenvalue weighted by Crippen LogP contribution is 2.33. The number of amides is 1. The molecule has 0 unspecified atom stereocenters. The molecule has 0 radical (unpaired) electrons. The number of benzene rings is 2. The van der Waals surface area contributed by atoms with E-state index in [2.05, 4.69) is 5.32 Å². The van der Waals surface area contributed by atoms with Crippen molar-refractivity contribution in [1.29, 1.82) is 0 Å². The Morgan fingerprint density at radius 1 is 1.10 bits per heavy atom. The molecule has 0 saturated carbocycles. The van der Waals surface area contributed by atoms with Gasteiger partial charge in [0.15, 0.2) is 0 Å². The number of hydrogen-bond acceptors (Lipinski definition) is 2. The molecular formula is C16H15Cl2NOS. The molecule has 0 spiro atoms. The molecule has 0 aliphatic heterocycles. The summed E-state index contributed by atoms with van der Waals surface area (Å²) < 4.78 is 0. The van der Waals surface area contributed by atoms with Crippen LogP contribution < -0.4 is 5.32 Å². The van der Waals surface area contributed by atoms with Gasteiger partial charge in [-0.05, 0) is 24.6 Å². The van der Waals surface area contributed by atoms with Gasteiger partial charge in [-0.2, -0.15) is 0 Å². The van der Waals surface area contributed by atoms with Gasteiger partial charge in [0.2, 0.25) is 5.91 Å². The van der Waals surface area contributed by atoms with E-state index < -0.39 is 0 Å². The predicted octanol–water partition coefficient (Wildman–Crippen LogP) is 4.96. The van der Waals surface area contributed by atoms with Gasteiger partial charge in [0.05, 0.1) is 21.8 Å². The molecule has 2 rings (SSSR count). The minimum absolute atomic E-state index is 0.0268. The number of nitrogens with one attached hydrogen (secondary N) is 1. The summed E-state index contributed by atoms with van der Waals surface area (Å²) >= 11 is 13.5. The molecule has 2 aromatic rings. The van der Waals surface area contributed by atoms with Crippen molar-refractivity contribution in [3.63, 3.8) is 0 Å². The molecule has 2 aromatic carbocycles. The lowest BCUT2D eigenvalue weighted by Gasteiger charge is -2.14. The Kier molecular flexibility index (Phi) is 5.97. The van der Waals surface area contributed by atoms with Gasteiger partial charge in [0.1, 0.15) is 0 Å². The Labute approximate surface area is 138 Å². The Balaban J connectivity index is 1.91. The van der Waals surface area contributed by atoms with E-state index in [1.807, 2.05) is 37.3 Å². The van der Waals surface area contributed by atoms with Gasteiger partial charge in [0.25, 0.3) is 0 Å². The maximum atomic E-state index is 12.0. The highest BCUT2D eigenvalue weighted by atomic mass is 35.5. The zero-order chi connectivity index (χ0) is 15.2. The first-order chi connectivity index (χ1) is 10.1. The van der Waals surface area contributed by atoms with Gasteiger partial charge in [-0.15, -0.1) is 11.8 Å². The van der Waals surface area contributed by atoms with Gasteiger partial charge in [0, 0.05) is 4.90 Å². The van der Waals surface area contributed by atoms with Crippen LogP contribution in [0.2, 0.25) is 10.0 Å². The quantitative estimate of drug-likeness (QED) is 0.779. The van der Waals surface area contributed by atoms with Crippen molar-refractivity contribution in [2.45, 2.75) is 17.9 Å². The number of thioether (sulfide) groups is 1. The van der Waals surface area contributed by atoms with E-state index in [4.69, 9.17) is 23.2 Å². The van der Waals surface area contributed by atoms with Crippen LogP contribution in [0.1, 0.15) is 18.5 Å². The van der Waals surface area contributed by atoms with Crippen LogP contribution in [-0.4, -0.2) is 11.7 Å². The lowest BCUT2D eigenvalue weighted by Crippen LogP contribution is -2.28. The Morgan fingerprint density at radius 2 is 1.71 bits per heavy atom. The lowest BCUT2D eigenvalue weighted by atomic mass is 10.1. The van der Waals surface area contributed by atoms with Gasteiger partial charge < -0.3 is 5.32 Å². The zero-order valence-electron chi connectivity index (χ0n) is 11.5. The monoisotopic (exact) mass is 339 g/mol. The van der Waals surface area contributed by atoms with E-state index in [0.717, 1.165) is 10.5 Å². The molecule has 110 valence electrons. The summed E-state index contributed by atoms with van der Waals surface area (Å²) in [4.78, 5) is 12.7. The number of hydrogen-bond donors (Lipinski definition) is 1. The number of halogens is 2. The first-order valence-corrected chi connectivity index (χ1v) is 8.23. The molecule has 21 heavy (non-hydrogen) atoms. The van der Waals surface area contributed by atoms with Crippen molar-refractivity contribution in [2.75, 3.05) is 5.75 Å². The van der Waals surface area contributed by atoms with Gasteiger partial charge in [-0.25, -0.2) is 0 Å². The van der Waals surface area contributed by atoms with E-state index >= 15 is 0 Å². The first kappa shape index (κ1) is 16.2. The third kappa shape index (κ3) is 4.67. The van der Waals surface area contributed by atoms with Crippen LogP contribution >= 0.6 is 35.0 Å². The predicted molar refractivity (Wildman–Crippen MR) is 90.2 cm³/mol. The Hall–Kier alpha value is -1.16. The molecule has 1 N–H and O–H groups in total. The van der Waals surface area contributed by atoms with Crippen molar-refractivity contribution in [2.24, 2.45) is 0 Å². The minimum atomic E-state index is -0.0488. The smallest absolute Gasteiger partial charge is 0.230 e. The van der Waals surface area contributed by atoms with E-state index in [-0.39, 0.29) is 17.7 Å². The van der Waals surface area contributed by atoms with Crippen LogP contribution in [0.5, 0.6) is 0 Å². The van der Waals surface area contributed by atoms with Crippen molar-refractivity contribution in [3.8, 4) is 0 Å². The number of rotatable bonds is 5. The highest BCUT2D eigenvalue weighted by Gasteiger charge is 2.12. The second kappa shape index (κ2) is 7.74. The zero-order valence-corrected chi connectivity index (χ0v) is 13.8. The number of carbonyl (C=O) groups is 1. The SMILES string of the molecule is C[C@@H](NC(=O)CSc1c(Cl)cccc1Cl)c1ccccc1. The second-order valence-corrected chi connectivity index (χ2v) is 6.34. The summed E-state index contributed by atoms with van der Waals surface area (Å²) in [5.74, 6) is 0.230. The lowest BCUT2D eigenvalue weighted by molar-refractivity contribution is -0.119. The molecule has 0 aliphatic rings. The summed E-state index contributed by atoms with van der Waals surface area (Å²) in [7, 11) is 0. The van der Waals surface area contributed by atoms with E-state index in [9.17, 15) is 4.79 Å². The fourth-order valence-electron chi connectivity index (χ4n) is 1.87. The standard InChI is InChI=1S/C16H15Cl2NOS/c1-11(12-6-3-2-4-7-12)19-15(20)10-21-16-13(17)8-5-9-14(16)18/h2-9,11H,10H2,1H3,(H,19,20)/t11-/m1/s1. The molecule has 5 heteroatoms. The average Bonchev–Trinajstić information content (AvgIpc) is 2.47. The molecule has 0 fully saturated rings. The van der Waals surface area contributed by atoms with Crippen molar-refractivity contribution in [3.05, 3.63) is 64.1 Å². The fourth-order valence-corrected chi connectivity index (χ4v) is 3.36. The normalized spacial score (nSPS) is 12.0. The minimum Gasteiger partial charge on any atom is -0.349 e.